The number of carbonyl (C=O) groups is 3. The van der Waals surface area contributed by atoms with Gasteiger partial charge in [0.05, 0.1) is 36.5 Å². The highest BCUT2D eigenvalue weighted by Crippen LogP contribution is 2.34. The number of carboxylic acid groups (broad SMARTS) is 3. The second-order valence-corrected chi connectivity index (χ2v) is 17.6. The summed E-state index contributed by atoms with van der Waals surface area (Å²) < 4.78 is 18.4. The fourth-order valence-electron chi connectivity index (χ4n) is 10.5. The third kappa shape index (κ3) is 8.97. The lowest BCUT2D eigenvalue weighted by Gasteiger charge is -2.25. The number of hydrogen-bond donors (Lipinski definition) is 6. The van der Waals surface area contributed by atoms with Crippen molar-refractivity contribution in [3.05, 3.63) is 107 Å². The van der Waals surface area contributed by atoms with Gasteiger partial charge in [-0.2, -0.15) is 0 Å². The molecule has 6 heterocycles. The summed E-state index contributed by atoms with van der Waals surface area (Å²) in [6, 6.07) is 18.1. The van der Waals surface area contributed by atoms with Gasteiger partial charge in [0.25, 0.3) is 0 Å². The highest BCUT2D eigenvalue weighted by molar-refractivity contribution is 5.84. The second kappa shape index (κ2) is 17.9. The zero-order chi connectivity index (χ0) is 42.0. The van der Waals surface area contributed by atoms with Crippen molar-refractivity contribution in [2.45, 2.75) is 58.2 Å². The molecule has 13 heteroatoms. The van der Waals surface area contributed by atoms with Crippen molar-refractivity contribution in [3.8, 4) is 0 Å². The summed E-state index contributed by atoms with van der Waals surface area (Å²) in [5.41, 5.74) is 7.67. The van der Waals surface area contributed by atoms with Gasteiger partial charge in [-0.15, -0.1) is 0 Å². The zero-order valence-corrected chi connectivity index (χ0v) is 34.2. The van der Waals surface area contributed by atoms with E-state index in [1.165, 1.54) is 0 Å². The molecule has 320 valence electrons. The van der Waals surface area contributed by atoms with E-state index in [1.54, 1.807) is 18.8 Å². The maximum absolute atomic E-state index is 12.6. The SMILES string of the molecule is O=C(O)C(Cc1cc(CN(Cc2cc(CC(C(=O)O)C3CCNC3)cc3ccoc23)Cc2cc(CC(C(=O)O)C3CCNC3)cc3ccoc23)c2occc2c1)C1CCNC1. The van der Waals surface area contributed by atoms with Crippen LogP contribution < -0.4 is 16.0 Å². The van der Waals surface area contributed by atoms with Crippen LogP contribution in [-0.4, -0.2) is 77.4 Å². The van der Waals surface area contributed by atoms with Crippen LogP contribution in [0.15, 0.2) is 86.6 Å². The van der Waals surface area contributed by atoms with Crippen LogP contribution in [0.25, 0.3) is 32.9 Å². The van der Waals surface area contributed by atoms with E-state index in [2.05, 4.69) is 39.0 Å². The third-order valence-corrected chi connectivity index (χ3v) is 13.6. The molecule has 6 atom stereocenters. The van der Waals surface area contributed by atoms with E-state index in [0.29, 0.717) is 58.5 Å². The summed E-state index contributed by atoms with van der Waals surface area (Å²) in [4.78, 5) is 40.1. The number of carboxylic acids is 3. The molecule has 0 amide bonds. The van der Waals surface area contributed by atoms with E-state index in [1.807, 2.05) is 36.4 Å². The summed E-state index contributed by atoms with van der Waals surface area (Å²) >= 11 is 0. The Bertz CT molecular complexity index is 2240. The summed E-state index contributed by atoms with van der Waals surface area (Å²) in [6.07, 6.45) is 8.64. The van der Waals surface area contributed by atoms with Gasteiger partial charge in [0.15, 0.2) is 0 Å². The quantitative estimate of drug-likeness (QED) is 0.0538. The van der Waals surface area contributed by atoms with E-state index < -0.39 is 35.7 Å². The molecule has 0 spiro atoms. The molecule has 13 nitrogen and oxygen atoms in total. The molecule has 3 aromatic heterocycles. The highest BCUT2D eigenvalue weighted by atomic mass is 16.4. The average Bonchev–Trinajstić information content (AvgIpc) is 4.09. The predicted octanol–water partition coefficient (Wildman–Crippen LogP) is 6.69. The van der Waals surface area contributed by atoms with E-state index in [9.17, 15) is 29.7 Å². The van der Waals surface area contributed by atoms with Crippen LogP contribution in [-0.2, 0) is 53.3 Å². The molecule has 0 radical (unpaired) electrons. The minimum Gasteiger partial charge on any atom is -0.481 e. The number of furan rings is 3. The monoisotopic (exact) mass is 830 g/mol. The number of benzene rings is 3. The maximum Gasteiger partial charge on any atom is 0.307 e. The third-order valence-electron chi connectivity index (χ3n) is 13.6. The van der Waals surface area contributed by atoms with Crippen LogP contribution in [0.5, 0.6) is 0 Å². The summed E-state index contributed by atoms with van der Waals surface area (Å²) in [5.74, 6) is -3.85. The molecular formula is C48H54N4O9. The number of fused-ring (bicyclic) bond motifs is 3. The second-order valence-electron chi connectivity index (χ2n) is 17.6. The molecule has 0 bridgehead atoms. The average molecular weight is 831 g/mol. The van der Waals surface area contributed by atoms with Crippen LogP contribution in [0, 0.1) is 35.5 Å². The first kappa shape index (κ1) is 40.9. The van der Waals surface area contributed by atoms with Gasteiger partial charge < -0.3 is 44.5 Å². The Balaban J connectivity index is 1.10. The molecule has 3 fully saturated rings. The highest BCUT2D eigenvalue weighted by Gasteiger charge is 2.34. The molecule has 3 saturated heterocycles. The molecule has 61 heavy (non-hydrogen) atoms. The topological polar surface area (TPSA) is 191 Å². The molecule has 3 aromatic carbocycles. The first-order valence-electron chi connectivity index (χ1n) is 21.7. The summed E-state index contributed by atoms with van der Waals surface area (Å²) in [5, 5.41) is 43.7. The van der Waals surface area contributed by atoms with E-state index in [-0.39, 0.29) is 17.8 Å². The molecule has 6 unspecified atom stereocenters. The number of rotatable bonds is 18. The number of nitrogens with zero attached hydrogens (tertiary/aromatic N) is 1. The predicted molar refractivity (Wildman–Crippen MR) is 229 cm³/mol. The van der Waals surface area contributed by atoms with E-state index >= 15 is 0 Å². The lowest BCUT2D eigenvalue weighted by molar-refractivity contribution is -0.144. The van der Waals surface area contributed by atoms with Gasteiger partial charge in [-0.05, 0) is 149 Å². The van der Waals surface area contributed by atoms with E-state index in [4.69, 9.17) is 13.3 Å². The Labute approximate surface area is 353 Å². The minimum absolute atomic E-state index is 0.0415. The Kier molecular flexibility index (Phi) is 12.0. The molecule has 3 aliphatic heterocycles. The zero-order valence-electron chi connectivity index (χ0n) is 34.2. The fourth-order valence-corrected chi connectivity index (χ4v) is 10.5. The smallest absolute Gasteiger partial charge is 0.307 e. The lowest BCUT2D eigenvalue weighted by atomic mass is 9.85. The minimum atomic E-state index is -0.794. The van der Waals surface area contributed by atoms with Gasteiger partial charge in [0, 0.05) is 52.5 Å². The number of aliphatic carboxylic acids is 3. The van der Waals surface area contributed by atoms with Crippen LogP contribution in [0.1, 0.15) is 52.6 Å². The number of hydrogen-bond acceptors (Lipinski definition) is 10. The molecule has 3 aliphatic rings. The Morgan fingerprint density at radius 3 is 1.10 bits per heavy atom. The van der Waals surface area contributed by atoms with Gasteiger partial charge in [0.1, 0.15) is 16.7 Å². The van der Waals surface area contributed by atoms with Crippen molar-refractivity contribution in [2.75, 3.05) is 39.3 Å². The van der Waals surface area contributed by atoms with Crippen LogP contribution in [0.4, 0.5) is 0 Å². The van der Waals surface area contributed by atoms with Crippen molar-refractivity contribution in [1.29, 1.82) is 0 Å². The van der Waals surface area contributed by atoms with Gasteiger partial charge >= 0.3 is 17.9 Å². The molecule has 6 aromatic rings. The lowest BCUT2D eigenvalue weighted by Crippen LogP contribution is -2.28. The Morgan fingerprint density at radius 2 is 0.836 bits per heavy atom. The van der Waals surface area contributed by atoms with Crippen LogP contribution in [0.2, 0.25) is 0 Å². The Morgan fingerprint density at radius 1 is 0.525 bits per heavy atom. The largest absolute Gasteiger partial charge is 0.481 e. The summed E-state index contributed by atoms with van der Waals surface area (Å²) in [7, 11) is 0. The van der Waals surface area contributed by atoms with E-state index in [0.717, 1.165) is 105 Å². The summed E-state index contributed by atoms with van der Waals surface area (Å²) in [6.45, 7) is 5.72. The molecular weight excluding hydrogens is 777 g/mol. The van der Waals surface area contributed by atoms with Crippen molar-refractivity contribution in [2.24, 2.45) is 35.5 Å². The maximum atomic E-state index is 12.6. The normalized spacial score (nSPS) is 20.9. The number of nitrogens with one attached hydrogen (secondary N) is 3. The molecule has 0 saturated carbocycles. The molecule has 6 N–H and O–H groups in total. The fraction of sp³-hybridized carbons (Fsp3) is 0.438. The Hall–Kier alpha value is -5.47. The van der Waals surface area contributed by atoms with Crippen molar-refractivity contribution in [1.82, 2.24) is 20.9 Å². The van der Waals surface area contributed by atoms with Crippen LogP contribution in [0.3, 0.4) is 0 Å². The van der Waals surface area contributed by atoms with Gasteiger partial charge in [0.2, 0.25) is 0 Å². The first-order chi connectivity index (χ1) is 29.7. The van der Waals surface area contributed by atoms with Crippen molar-refractivity contribution in [3.63, 3.8) is 0 Å². The van der Waals surface area contributed by atoms with Gasteiger partial charge in [-0.1, -0.05) is 18.2 Å². The molecule has 0 aliphatic carbocycles. The van der Waals surface area contributed by atoms with Gasteiger partial charge in [-0.3, -0.25) is 19.3 Å². The standard InChI is InChI=1S/C48H54N4O9/c53-46(54)40(34-1-7-49-22-34)19-28-13-31-4-10-59-43(31)37(16-28)25-52(26-38-17-29(14-32-5-11-60-44(32)38)20-41(47(55)56)35-2-8-50-23-35)27-39-18-30(15-33-6-12-61-45(33)39)21-42(48(57)58)36-3-9-51-24-36/h4-6,10-18,34-36,40-42,49-51H,1-3,7-9,19-27H2,(H,53,54)(H,55,56)(H,57,58). The van der Waals surface area contributed by atoms with Crippen molar-refractivity contribution >= 4 is 50.8 Å². The van der Waals surface area contributed by atoms with Gasteiger partial charge in [-0.25, -0.2) is 0 Å². The molecule has 9 rings (SSSR count). The first-order valence-corrected chi connectivity index (χ1v) is 21.7. The van der Waals surface area contributed by atoms with Crippen molar-refractivity contribution < 1.29 is 43.0 Å². The van der Waals surface area contributed by atoms with Crippen LogP contribution >= 0.6 is 0 Å².